The molecule has 6 nitrogen and oxygen atoms in total. The van der Waals surface area contributed by atoms with Crippen molar-refractivity contribution in [2.45, 2.75) is 19.9 Å². The Morgan fingerprint density at radius 3 is 2.35 bits per heavy atom. The Labute approximate surface area is 154 Å². The number of amides is 1. The summed E-state index contributed by atoms with van der Waals surface area (Å²) in [5.74, 6) is 0.379. The van der Waals surface area contributed by atoms with Crippen LogP contribution in [0.25, 0.3) is 0 Å². The SMILES string of the molecule is Cc1ccccc1OCCNC(=O)[C@@H](C)N(c1ccccc1)S(C)(=O)=O. The summed E-state index contributed by atoms with van der Waals surface area (Å²) in [5.41, 5.74) is 1.47. The highest BCUT2D eigenvalue weighted by Gasteiger charge is 2.28. The second-order valence-electron chi connectivity index (χ2n) is 5.98. The fourth-order valence-electron chi connectivity index (χ4n) is 2.59. The van der Waals surface area contributed by atoms with Crippen molar-refractivity contribution in [3.63, 3.8) is 0 Å². The van der Waals surface area contributed by atoms with Gasteiger partial charge in [-0.1, -0.05) is 36.4 Å². The smallest absolute Gasteiger partial charge is 0.243 e. The van der Waals surface area contributed by atoms with E-state index in [1.165, 1.54) is 0 Å². The lowest BCUT2D eigenvalue weighted by Crippen LogP contribution is -2.48. The molecule has 140 valence electrons. The lowest BCUT2D eigenvalue weighted by Gasteiger charge is -2.28. The molecule has 1 amide bonds. The molecular weight excluding hydrogens is 352 g/mol. The number of carbonyl (C=O) groups excluding carboxylic acids is 1. The van der Waals surface area contributed by atoms with Gasteiger partial charge in [0.05, 0.1) is 18.5 Å². The van der Waals surface area contributed by atoms with E-state index in [4.69, 9.17) is 4.74 Å². The van der Waals surface area contributed by atoms with Crippen molar-refractivity contribution in [1.82, 2.24) is 5.32 Å². The molecule has 0 aliphatic heterocycles. The van der Waals surface area contributed by atoms with Crippen molar-refractivity contribution in [2.75, 3.05) is 23.7 Å². The third kappa shape index (κ3) is 5.23. The molecule has 0 spiro atoms. The average Bonchev–Trinajstić information content (AvgIpc) is 2.59. The lowest BCUT2D eigenvalue weighted by molar-refractivity contribution is -0.121. The molecule has 0 fully saturated rings. The Hall–Kier alpha value is -2.54. The molecule has 0 unspecified atom stereocenters. The summed E-state index contributed by atoms with van der Waals surface area (Å²) in [6.45, 7) is 4.09. The maximum atomic E-state index is 12.4. The van der Waals surface area contributed by atoms with Crippen molar-refractivity contribution in [3.05, 3.63) is 60.2 Å². The van der Waals surface area contributed by atoms with Gasteiger partial charge in [0.2, 0.25) is 15.9 Å². The second-order valence-corrected chi connectivity index (χ2v) is 7.83. The van der Waals surface area contributed by atoms with Crippen LogP contribution in [0, 0.1) is 6.92 Å². The van der Waals surface area contributed by atoms with Gasteiger partial charge in [0.1, 0.15) is 18.4 Å². The molecule has 0 radical (unpaired) electrons. The highest BCUT2D eigenvalue weighted by molar-refractivity contribution is 7.92. The van der Waals surface area contributed by atoms with E-state index in [-0.39, 0.29) is 12.5 Å². The van der Waals surface area contributed by atoms with E-state index in [0.717, 1.165) is 21.9 Å². The molecule has 1 atom stereocenters. The maximum Gasteiger partial charge on any atom is 0.243 e. The monoisotopic (exact) mass is 376 g/mol. The van der Waals surface area contributed by atoms with Crippen LogP contribution in [0.2, 0.25) is 0 Å². The van der Waals surface area contributed by atoms with Crippen LogP contribution < -0.4 is 14.4 Å². The van der Waals surface area contributed by atoms with Crippen molar-refractivity contribution in [2.24, 2.45) is 0 Å². The van der Waals surface area contributed by atoms with Crippen molar-refractivity contribution < 1.29 is 17.9 Å². The molecule has 0 heterocycles. The Balaban J connectivity index is 1.96. The van der Waals surface area contributed by atoms with Crippen molar-refractivity contribution in [1.29, 1.82) is 0 Å². The molecule has 2 aromatic carbocycles. The Bertz CT molecular complexity index is 838. The third-order valence-electron chi connectivity index (χ3n) is 3.85. The average molecular weight is 376 g/mol. The van der Waals surface area contributed by atoms with Crippen LogP contribution in [0.1, 0.15) is 12.5 Å². The summed E-state index contributed by atoms with van der Waals surface area (Å²) >= 11 is 0. The molecule has 0 saturated heterocycles. The summed E-state index contributed by atoms with van der Waals surface area (Å²) in [6.07, 6.45) is 1.09. The number of benzene rings is 2. The second kappa shape index (κ2) is 8.71. The van der Waals surface area contributed by atoms with Gasteiger partial charge in [-0.3, -0.25) is 9.10 Å². The van der Waals surface area contributed by atoms with Crippen molar-refractivity contribution >= 4 is 21.6 Å². The van der Waals surface area contributed by atoms with Crippen LogP contribution in [0.4, 0.5) is 5.69 Å². The van der Waals surface area contributed by atoms with E-state index < -0.39 is 16.1 Å². The van der Waals surface area contributed by atoms with Gasteiger partial charge in [-0.15, -0.1) is 0 Å². The number of para-hydroxylation sites is 2. The van der Waals surface area contributed by atoms with E-state index in [2.05, 4.69) is 5.32 Å². The molecule has 26 heavy (non-hydrogen) atoms. The number of rotatable bonds is 8. The summed E-state index contributed by atoms with van der Waals surface area (Å²) in [7, 11) is -3.60. The lowest BCUT2D eigenvalue weighted by atomic mass is 10.2. The third-order valence-corrected chi connectivity index (χ3v) is 5.09. The Kier molecular flexibility index (Phi) is 6.63. The van der Waals surface area contributed by atoms with Gasteiger partial charge >= 0.3 is 0 Å². The largest absolute Gasteiger partial charge is 0.491 e. The minimum Gasteiger partial charge on any atom is -0.491 e. The minimum atomic E-state index is -3.60. The number of hydrogen-bond donors (Lipinski definition) is 1. The number of sulfonamides is 1. The summed E-state index contributed by atoms with van der Waals surface area (Å²) in [4.78, 5) is 12.4. The van der Waals surface area contributed by atoms with E-state index >= 15 is 0 Å². The first-order valence-electron chi connectivity index (χ1n) is 8.31. The quantitative estimate of drug-likeness (QED) is 0.718. The van der Waals surface area contributed by atoms with E-state index in [1.54, 1.807) is 37.3 Å². The summed E-state index contributed by atoms with van der Waals surface area (Å²) in [6, 6.07) is 15.3. The predicted molar refractivity (Wildman–Crippen MR) is 103 cm³/mol. The molecule has 2 aromatic rings. The molecule has 1 N–H and O–H groups in total. The van der Waals surface area contributed by atoms with Crippen molar-refractivity contribution in [3.8, 4) is 5.75 Å². The van der Waals surface area contributed by atoms with Gasteiger partial charge < -0.3 is 10.1 Å². The molecule has 0 aromatic heterocycles. The molecule has 0 bridgehead atoms. The van der Waals surface area contributed by atoms with Crippen LogP contribution in [0.15, 0.2) is 54.6 Å². The molecule has 0 aliphatic rings. The van der Waals surface area contributed by atoms with Gasteiger partial charge in [-0.2, -0.15) is 0 Å². The number of nitrogens with zero attached hydrogens (tertiary/aromatic N) is 1. The Morgan fingerprint density at radius 1 is 1.12 bits per heavy atom. The molecule has 0 saturated carbocycles. The summed E-state index contributed by atoms with van der Waals surface area (Å²) in [5, 5.41) is 2.72. The summed E-state index contributed by atoms with van der Waals surface area (Å²) < 4.78 is 31.1. The van der Waals surface area contributed by atoms with E-state index in [9.17, 15) is 13.2 Å². The molecule has 2 rings (SSSR count). The maximum absolute atomic E-state index is 12.4. The minimum absolute atomic E-state index is 0.282. The highest BCUT2D eigenvalue weighted by Crippen LogP contribution is 2.20. The first kappa shape index (κ1) is 19.8. The number of carbonyl (C=O) groups is 1. The number of hydrogen-bond acceptors (Lipinski definition) is 4. The normalized spacial score (nSPS) is 12.3. The van der Waals surface area contributed by atoms with Gasteiger partial charge in [0, 0.05) is 0 Å². The van der Waals surface area contributed by atoms with Crippen LogP contribution in [-0.4, -0.2) is 39.8 Å². The first-order chi connectivity index (χ1) is 12.3. The molecule has 0 aliphatic carbocycles. The van der Waals surface area contributed by atoms with E-state index in [0.29, 0.717) is 12.3 Å². The highest BCUT2D eigenvalue weighted by atomic mass is 32.2. The number of ether oxygens (including phenoxy) is 1. The van der Waals surface area contributed by atoms with Crippen LogP contribution in [0.5, 0.6) is 5.75 Å². The molecule has 7 heteroatoms. The zero-order valence-corrected chi connectivity index (χ0v) is 16.0. The van der Waals surface area contributed by atoms with Gasteiger partial charge in [-0.25, -0.2) is 8.42 Å². The van der Waals surface area contributed by atoms with Crippen LogP contribution in [-0.2, 0) is 14.8 Å². The topological polar surface area (TPSA) is 75.7 Å². The van der Waals surface area contributed by atoms with Crippen LogP contribution >= 0.6 is 0 Å². The van der Waals surface area contributed by atoms with Gasteiger partial charge in [-0.05, 0) is 37.6 Å². The number of aryl methyl sites for hydroxylation is 1. The number of anilines is 1. The van der Waals surface area contributed by atoms with Gasteiger partial charge in [0.15, 0.2) is 0 Å². The Morgan fingerprint density at radius 2 is 1.73 bits per heavy atom. The standard InChI is InChI=1S/C19H24N2O4S/c1-15-9-7-8-12-18(15)25-14-13-20-19(22)16(2)21(26(3,23)24)17-10-5-4-6-11-17/h4-12,16H,13-14H2,1-3H3,(H,20,22)/t16-/m1/s1. The predicted octanol–water partition coefficient (Wildman–Crippen LogP) is 2.34. The van der Waals surface area contributed by atoms with Gasteiger partial charge in [0.25, 0.3) is 0 Å². The first-order valence-corrected chi connectivity index (χ1v) is 10.2. The molecular formula is C19H24N2O4S. The zero-order chi connectivity index (χ0) is 19.2. The number of nitrogens with one attached hydrogen (secondary N) is 1. The fourth-order valence-corrected chi connectivity index (χ4v) is 3.76. The van der Waals surface area contributed by atoms with E-state index in [1.807, 2.05) is 31.2 Å². The zero-order valence-electron chi connectivity index (χ0n) is 15.2. The fraction of sp³-hybridized carbons (Fsp3) is 0.316. The van der Waals surface area contributed by atoms with Crippen LogP contribution in [0.3, 0.4) is 0 Å².